The first-order chi connectivity index (χ1) is 12.3. The average Bonchev–Trinajstić information content (AvgIpc) is 2.58. The number of aromatic nitrogens is 2. The van der Waals surface area contributed by atoms with E-state index >= 15 is 0 Å². The standard InChI is InChI=1S/C18H26N6O2/c1-11(2)26-10-13(19)8-21-18-22-9-15(16(20)25)17(24-18)23-14-6-4-5-12(3)7-14/h4-7,9,11,13H,8,10,19H2,1-3H3,(H2,20,25)(H2,21,22,23,24)/t13-/m1/s1. The molecule has 6 N–H and O–H groups in total. The Hall–Kier alpha value is -2.71. The lowest BCUT2D eigenvalue weighted by molar-refractivity contribution is 0.0703. The number of benzene rings is 1. The van der Waals surface area contributed by atoms with Crippen LogP contribution in [0.25, 0.3) is 0 Å². The first-order valence-electron chi connectivity index (χ1n) is 8.46. The summed E-state index contributed by atoms with van der Waals surface area (Å²) in [6.07, 6.45) is 1.52. The van der Waals surface area contributed by atoms with Gasteiger partial charge < -0.3 is 26.8 Å². The molecule has 0 spiro atoms. The van der Waals surface area contributed by atoms with Crippen LogP contribution in [0, 0.1) is 6.92 Å². The number of ether oxygens (including phenoxy) is 1. The second-order valence-electron chi connectivity index (χ2n) is 6.34. The molecule has 1 aromatic heterocycles. The Morgan fingerprint density at radius 2 is 2.12 bits per heavy atom. The summed E-state index contributed by atoms with van der Waals surface area (Å²) in [5.41, 5.74) is 13.5. The van der Waals surface area contributed by atoms with Crippen molar-refractivity contribution in [3.8, 4) is 0 Å². The van der Waals surface area contributed by atoms with Crippen molar-refractivity contribution in [1.82, 2.24) is 9.97 Å². The summed E-state index contributed by atoms with van der Waals surface area (Å²) < 4.78 is 5.48. The van der Waals surface area contributed by atoms with Gasteiger partial charge in [-0.2, -0.15) is 4.98 Å². The van der Waals surface area contributed by atoms with E-state index in [2.05, 4.69) is 20.6 Å². The van der Waals surface area contributed by atoms with E-state index in [1.807, 2.05) is 45.0 Å². The Bertz CT molecular complexity index is 750. The summed E-state index contributed by atoms with van der Waals surface area (Å²) in [4.78, 5) is 20.1. The molecule has 8 nitrogen and oxygen atoms in total. The van der Waals surface area contributed by atoms with Gasteiger partial charge >= 0.3 is 0 Å². The number of hydrogen-bond acceptors (Lipinski definition) is 7. The predicted molar refractivity (Wildman–Crippen MR) is 103 cm³/mol. The predicted octanol–water partition coefficient (Wildman–Crippen LogP) is 1.79. The second-order valence-corrected chi connectivity index (χ2v) is 6.34. The molecule has 2 aromatic rings. The first kappa shape index (κ1) is 19.6. The van der Waals surface area contributed by atoms with Crippen LogP contribution in [0.4, 0.5) is 17.5 Å². The van der Waals surface area contributed by atoms with Crippen LogP contribution in [0.2, 0.25) is 0 Å². The summed E-state index contributed by atoms with van der Waals surface area (Å²) in [6.45, 7) is 6.75. The molecular formula is C18H26N6O2. The summed E-state index contributed by atoms with van der Waals surface area (Å²) in [5, 5.41) is 6.17. The number of nitrogens with one attached hydrogen (secondary N) is 2. The highest BCUT2D eigenvalue weighted by atomic mass is 16.5. The fourth-order valence-electron chi connectivity index (χ4n) is 2.20. The SMILES string of the molecule is Cc1cccc(Nc2nc(NC[C@@H](N)COC(C)C)ncc2C(N)=O)c1. The largest absolute Gasteiger partial charge is 0.377 e. The Morgan fingerprint density at radius 1 is 1.35 bits per heavy atom. The number of hydrogen-bond donors (Lipinski definition) is 4. The van der Waals surface area contributed by atoms with Gasteiger partial charge in [-0.25, -0.2) is 4.98 Å². The zero-order valence-electron chi connectivity index (χ0n) is 15.3. The lowest BCUT2D eigenvalue weighted by Gasteiger charge is -2.16. The number of nitrogens with two attached hydrogens (primary N) is 2. The molecule has 1 atom stereocenters. The third kappa shape index (κ3) is 5.98. The molecule has 1 aromatic carbocycles. The second kappa shape index (κ2) is 9.12. The molecule has 2 rings (SSSR count). The van der Waals surface area contributed by atoms with Crippen LogP contribution in [0.3, 0.4) is 0 Å². The molecule has 1 heterocycles. The lowest BCUT2D eigenvalue weighted by Crippen LogP contribution is -2.35. The van der Waals surface area contributed by atoms with Crippen molar-refractivity contribution in [2.75, 3.05) is 23.8 Å². The molecule has 0 fully saturated rings. The van der Waals surface area contributed by atoms with E-state index in [1.165, 1.54) is 6.20 Å². The van der Waals surface area contributed by atoms with E-state index in [4.69, 9.17) is 16.2 Å². The molecule has 140 valence electrons. The lowest BCUT2D eigenvalue weighted by atomic mass is 10.2. The normalized spacial score (nSPS) is 12.0. The van der Waals surface area contributed by atoms with Gasteiger partial charge in [-0.3, -0.25) is 4.79 Å². The number of aryl methyl sites for hydroxylation is 1. The number of carbonyl (C=O) groups excluding carboxylic acids is 1. The summed E-state index contributed by atoms with van der Waals surface area (Å²) in [7, 11) is 0. The molecule has 0 unspecified atom stereocenters. The number of nitrogens with zero attached hydrogens (tertiary/aromatic N) is 2. The van der Waals surface area contributed by atoms with Crippen LogP contribution in [0.5, 0.6) is 0 Å². The third-order valence-corrected chi connectivity index (χ3v) is 3.50. The summed E-state index contributed by atoms with van der Waals surface area (Å²) in [5.74, 6) is 0.0893. The van der Waals surface area contributed by atoms with Crippen LogP contribution in [0.15, 0.2) is 30.5 Å². The monoisotopic (exact) mass is 358 g/mol. The molecule has 0 aliphatic rings. The van der Waals surface area contributed by atoms with Crippen LogP contribution >= 0.6 is 0 Å². The molecule has 0 aliphatic heterocycles. The highest BCUT2D eigenvalue weighted by molar-refractivity contribution is 5.98. The van der Waals surface area contributed by atoms with E-state index in [1.54, 1.807) is 0 Å². The van der Waals surface area contributed by atoms with Crippen molar-refractivity contribution >= 4 is 23.4 Å². The van der Waals surface area contributed by atoms with Crippen molar-refractivity contribution in [1.29, 1.82) is 0 Å². The van der Waals surface area contributed by atoms with Crippen molar-refractivity contribution in [3.63, 3.8) is 0 Å². The van der Waals surface area contributed by atoms with Gasteiger partial charge in [-0.1, -0.05) is 12.1 Å². The van der Waals surface area contributed by atoms with Crippen LogP contribution in [-0.4, -0.2) is 41.2 Å². The molecule has 0 radical (unpaired) electrons. The molecule has 8 heteroatoms. The molecule has 1 amide bonds. The fraction of sp³-hybridized carbons (Fsp3) is 0.389. The third-order valence-electron chi connectivity index (χ3n) is 3.50. The van der Waals surface area contributed by atoms with E-state index in [9.17, 15) is 4.79 Å². The van der Waals surface area contributed by atoms with Gasteiger partial charge in [-0.05, 0) is 38.5 Å². The maximum atomic E-state index is 11.7. The number of rotatable bonds is 9. The Kier molecular flexibility index (Phi) is 6.88. The van der Waals surface area contributed by atoms with Crippen molar-refractivity contribution in [2.45, 2.75) is 32.9 Å². The Balaban J connectivity index is 2.11. The van der Waals surface area contributed by atoms with Gasteiger partial charge in [-0.15, -0.1) is 0 Å². The smallest absolute Gasteiger partial charge is 0.254 e. The van der Waals surface area contributed by atoms with Crippen LogP contribution < -0.4 is 22.1 Å². The van der Waals surface area contributed by atoms with Gasteiger partial charge in [0.1, 0.15) is 11.4 Å². The number of anilines is 3. The fourth-order valence-corrected chi connectivity index (χ4v) is 2.20. The minimum atomic E-state index is -0.603. The maximum Gasteiger partial charge on any atom is 0.254 e. The van der Waals surface area contributed by atoms with Crippen molar-refractivity contribution < 1.29 is 9.53 Å². The van der Waals surface area contributed by atoms with Crippen LogP contribution in [-0.2, 0) is 4.74 Å². The molecular weight excluding hydrogens is 332 g/mol. The minimum absolute atomic E-state index is 0.122. The van der Waals surface area contributed by atoms with Crippen LogP contribution in [0.1, 0.15) is 29.8 Å². The van der Waals surface area contributed by atoms with E-state index < -0.39 is 5.91 Å². The molecule has 0 saturated heterocycles. The zero-order chi connectivity index (χ0) is 19.1. The molecule has 0 saturated carbocycles. The minimum Gasteiger partial charge on any atom is -0.377 e. The van der Waals surface area contributed by atoms with Gasteiger partial charge in [0.2, 0.25) is 5.95 Å². The summed E-state index contributed by atoms with van der Waals surface area (Å²) >= 11 is 0. The number of amides is 1. The topological polar surface area (TPSA) is 128 Å². The van der Waals surface area contributed by atoms with Gasteiger partial charge in [0.15, 0.2) is 0 Å². The van der Waals surface area contributed by atoms with E-state index in [0.717, 1.165) is 11.3 Å². The first-order valence-corrected chi connectivity index (χ1v) is 8.46. The quantitative estimate of drug-likeness (QED) is 0.538. The van der Waals surface area contributed by atoms with Crippen molar-refractivity contribution in [2.24, 2.45) is 11.5 Å². The zero-order valence-corrected chi connectivity index (χ0v) is 15.3. The number of carbonyl (C=O) groups is 1. The Morgan fingerprint density at radius 3 is 2.77 bits per heavy atom. The molecule has 0 aliphatic carbocycles. The number of primary amides is 1. The van der Waals surface area contributed by atoms with Gasteiger partial charge in [0.05, 0.1) is 12.7 Å². The van der Waals surface area contributed by atoms with Gasteiger partial charge in [0.25, 0.3) is 5.91 Å². The highest BCUT2D eigenvalue weighted by Crippen LogP contribution is 2.20. The van der Waals surface area contributed by atoms with Gasteiger partial charge in [0, 0.05) is 24.5 Å². The highest BCUT2D eigenvalue weighted by Gasteiger charge is 2.13. The average molecular weight is 358 g/mol. The van der Waals surface area contributed by atoms with Crippen molar-refractivity contribution in [3.05, 3.63) is 41.6 Å². The molecule has 0 bridgehead atoms. The van der Waals surface area contributed by atoms with E-state index in [-0.39, 0.29) is 17.7 Å². The summed E-state index contributed by atoms with van der Waals surface area (Å²) in [6, 6.07) is 7.51. The van der Waals surface area contributed by atoms with E-state index in [0.29, 0.717) is 24.9 Å². The molecule has 26 heavy (non-hydrogen) atoms. The maximum absolute atomic E-state index is 11.7. The Labute approximate surface area is 153 Å².